The highest BCUT2D eigenvalue weighted by atomic mass is 19.4. The van der Waals surface area contributed by atoms with Crippen LogP contribution in [0, 0.1) is 5.92 Å². The van der Waals surface area contributed by atoms with Gasteiger partial charge in [0.2, 0.25) is 0 Å². The van der Waals surface area contributed by atoms with Crippen molar-refractivity contribution >= 4 is 17.1 Å². The van der Waals surface area contributed by atoms with Crippen molar-refractivity contribution in [2.75, 3.05) is 13.2 Å². The molecular weight excluding hydrogens is 353 g/mol. The summed E-state index contributed by atoms with van der Waals surface area (Å²) in [7, 11) is 0. The second-order valence-electron chi connectivity index (χ2n) is 6.71. The average molecular weight is 372 g/mol. The molecule has 1 saturated heterocycles. The molecule has 1 aromatic heterocycles. The number of imidazole rings is 1. The maximum absolute atomic E-state index is 13.3. The van der Waals surface area contributed by atoms with Crippen LogP contribution in [0.15, 0.2) is 48.5 Å². The summed E-state index contributed by atoms with van der Waals surface area (Å²) in [5.41, 5.74) is 1.49. The lowest BCUT2D eigenvalue weighted by Gasteiger charge is -2.18. The minimum atomic E-state index is -4.39. The number of hydrogen-bond acceptors (Lipinski definition) is 2. The molecule has 4 rings (SSSR count). The molecule has 0 bridgehead atoms. The number of allylic oxidation sites excluding steroid dienone is 1. The van der Waals surface area contributed by atoms with Gasteiger partial charge in [0.25, 0.3) is 0 Å². The predicted molar refractivity (Wildman–Crippen MR) is 99.1 cm³/mol. The molecule has 3 nitrogen and oxygen atoms in total. The molecule has 0 unspecified atom stereocenters. The molecule has 2 heterocycles. The number of hydrogen-bond donors (Lipinski definition) is 1. The molecule has 140 valence electrons. The van der Waals surface area contributed by atoms with Gasteiger partial charge in [-0.1, -0.05) is 30.3 Å². The van der Waals surface area contributed by atoms with Gasteiger partial charge in [0.15, 0.2) is 0 Å². The summed E-state index contributed by atoms with van der Waals surface area (Å²) in [5.74, 6) is 1.18. The van der Waals surface area contributed by atoms with Crippen LogP contribution in [0.3, 0.4) is 0 Å². The maximum atomic E-state index is 13.3. The average Bonchev–Trinajstić information content (AvgIpc) is 3.08. The molecule has 1 N–H and O–H groups in total. The molecule has 0 spiro atoms. The number of benzene rings is 2. The number of halogens is 3. The summed E-state index contributed by atoms with van der Waals surface area (Å²) in [6.45, 7) is 1.55. The van der Waals surface area contributed by atoms with Crippen molar-refractivity contribution in [1.82, 2.24) is 9.97 Å². The van der Waals surface area contributed by atoms with Crippen LogP contribution in [0.5, 0.6) is 0 Å². The van der Waals surface area contributed by atoms with Crippen LogP contribution in [-0.2, 0) is 10.9 Å². The van der Waals surface area contributed by atoms with Crippen LogP contribution in [0.1, 0.15) is 24.2 Å². The zero-order chi connectivity index (χ0) is 18.9. The van der Waals surface area contributed by atoms with Crippen LogP contribution in [0.25, 0.3) is 28.2 Å². The van der Waals surface area contributed by atoms with Crippen LogP contribution < -0.4 is 0 Å². The molecule has 3 aromatic rings. The monoisotopic (exact) mass is 372 g/mol. The second-order valence-corrected chi connectivity index (χ2v) is 6.71. The normalized spacial score (nSPS) is 16.4. The first-order chi connectivity index (χ1) is 13.0. The topological polar surface area (TPSA) is 37.9 Å². The first-order valence-electron chi connectivity index (χ1n) is 8.93. The number of alkyl halides is 3. The summed E-state index contributed by atoms with van der Waals surface area (Å²) < 4.78 is 45.2. The van der Waals surface area contributed by atoms with E-state index in [0.717, 1.165) is 43.2 Å². The SMILES string of the molecule is FC(F)(F)c1ccccc1-c1ccc2nc(/C=C/C3CCOCC3)[nH]c2c1. The lowest BCUT2D eigenvalue weighted by atomic mass is 9.99. The smallest absolute Gasteiger partial charge is 0.381 e. The summed E-state index contributed by atoms with van der Waals surface area (Å²) >= 11 is 0. The lowest BCUT2D eigenvalue weighted by Crippen LogP contribution is -2.13. The van der Waals surface area contributed by atoms with Crippen LogP contribution in [-0.4, -0.2) is 23.2 Å². The van der Waals surface area contributed by atoms with Crippen LogP contribution in [0.2, 0.25) is 0 Å². The maximum Gasteiger partial charge on any atom is 0.417 e. The molecule has 0 amide bonds. The molecule has 0 atom stereocenters. The first kappa shape index (κ1) is 17.8. The third-order valence-electron chi connectivity index (χ3n) is 4.84. The van der Waals surface area contributed by atoms with E-state index in [-0.39, 0.29) is 5.56 Å². The predicted octanol–water partition coefficient (Wildman–Crippen LogP) is 5.69. The number of aromatic amines is 1. The highest BCUT2D eigenvalue weighted by Gasteiger charge is 2.33. The Hall–Kier alpha value is -2.60. The fourth-order valence-corrected chi connectivity index (χ4v) is 3.39. The van der Waals surface area contributed by atoms with Crippen molar-refractivity contribution in [3.8, 4) is 11.1 Å². The van der Waals surface area contributed by atoms with E-state index in [1.54, 1.807) is 24.3 Å². The number of fused-ring (bicyclic) bond motifs is 1. The van der Waals surface area contributed by atoms with E-state index in [1.807, 2.05) is 6.08 Å². The standard InChI is InChI=1S/C21H19F3N2O/c22-21(23,24)17-4-2-1-3-16(17)15-6-7-18-19(13-15)26-20(25-18)8-5-14-9-11-27-12-10-14/h1-8,13-14H,9-12H2,(H,25,26)/b8-5+. The van der Waals surface area contributed by atoms with E-state index < -0.39 is 11.7 Å². The Bertz CT molecular complexity index is 969. The van der Waals surface area contributed by atoms with Crippen LogP contribution >= 0.6 is 0 Å². The molecule has 6 heteroatoms. The Balaban J connectivity index is 1.65. The molecule has 1 aliphatic heterocycles. The van der Waals surface area contributed by atoms with Crippen LogP contribution in [0.4, 0.5) is 13.2 Å². The Labute approximate surface area is 154 Å². The molecular formula is C21H19F3N2O. The van der Waals surface area contributed by atoms with Gasteiger partial charge in [0, 0.05) is 13.2 Å². The first-order valence-corrected chi connectivity index (χ1v) is 8.93. The molecule has 27 heavy (non-hydrogen) atoms. The zero-order valence-electron chi connectivity index (χ0n) is 14.6. The van der Waals surface area contributed by atoms with Gasteiger partial charge >= 0.3 is 6.18 Å². The molecule has 1 fully saturated rings. The van der Waals surface area contributed by atoms with E-state index >= 15 is 0 Å². The van der Waals surface area contributed by atoms with Gasteiger partial charge in [-0.05, 0) is 54.2 Å². The molecule has 0 aliphatic carbocycles. The summed E-state index contributed by atoms with van der Waals surface area (Å²) in [6.07, 6.45) is 1.67. The molecule has 0 saturated carbocycles. The quantitative estimate of drug-likeness (QED) is 0.641. The Kier molecular flexibility index (Phi) is 4.74. The van der Waals surface area contributed by atoms with Crippen molar-refractivity contribution in [2.45, 2.75) is 19.0 Å². The number of aromatic nitrogens is 2. The molecule has 2 aromatic carbocycles. The minimum absolute atomic E-state index is 0.167. The van der Waals surface area contributed by atoms with E-state index in [2.05, 4.69) is 16.0 Å². The fraction of sp³-hybridized carbons (Fsp3) is 0.286. The Morgan fingerprint density at radius 2 is 1.85 bits per heavy atom. The number of H-pyrrole nitrogens is 1. The van der Waals surface area contributed by atoms with Crippen molar-refractivity contribution in [3.05, 3.63) is 59.9 Å². The highest BCUT2D eigenvalue weighted by Crippen LogP contribution is 2.37. The van der Waals surface area contributed by atoms with Crippen molar-refractivity contribution in [3.63, 3.8) is 0 Å². The summed E-state index contributed by atoms with van der Waals surface area (Å²) in [5, 5.41) is 0. The number of nitrogens with zero attached hydrogens (tertiary/aromatic N) is 1. The number of rotatable bonds is 3. The van der Waals surface area contributed by atoms with Crippen molar-refractivity contribution < 1.29 is 17.9 Å². The van der Waals surface area contributed by atoms with E-state index in [0.29, 0.717) is 17.3 Å². The Morgan fingerprint density at radius 3 is 2.63 bits per heavy atom. The van der Waals surface area contributed by atoms with E-state index in [4.69, 9.17) is 4.74 Å². The van der Waals surface area contributed by atoms with Gasteiger partial charge in [-0.15, -0.1) is 0 Å². The Morgan fingerprint density at radius 1 is 1.07 bits per heavy atom. The lowest BCUT2D eigenvalue weighted by molar-refractivity contribution is -0.137. The van der Waals surface area contributed by atoms with Crippen molar-refractivity contribution in [2.24, 2.45) is 5.92 Å². The number of ether oxygens (including phenoxy) is 1. The molecule has 0 radical (unpaired) electrons. The van der Waals surface area contributed by atoms with Crippen molar-refractivity contribution in [1.29, 1.82) is 0 Å². The van der Waals surface area contributed by atoms with Gasteiger partial charge in [-0.2, -0.15) is 13.2 Å². The zero-order valence-corrected chi connectivity index (χ0v) is 14.6. The van der Waals surface area contributed by atoms with Gasteiger partial charge in [-0.25, -0.2) is 4.98 Å². The van der Waals surface area contributed by atoms with E-state index in [9.17, 15) is 13.2 Å². The van der Waals surface area contributed by atoms with Gasteiger partial charge < -0.3 is 9.72 Å². The summed E-state index contributed by atoms with van der Waals surface area (Å²) in [4.78, 5) is 7.70. The summed E-state index contributed by atoms with van der Waals surface area (Å²) in [6, 6.07) is 10.8. The number of nitrogens with one attached hydrogen (secondary N) is 1. The largest absolute Gasteiger partial charge is 0.417 e. The fourth-order valence-electron chi connectivity index (χ4n) is 3.39. The highest BCUT2D eigenvalue weighted by molar-refractivity contribution is 5.83. The van der Waals surface area contributed by atoms with Gasteiger partial charge in [-0.3, -0.25) is 0 Å². The minimum Gasteiger partial charge on any atom is -0.381 e. The third-order valence-corrected chi connectivity index (χ3v) is 4.84. The molecule has 1 aliphatic rings. The van der Waals surface area contributed by atoms with Gasteiger partial charge in [0.1, 0.15) is 5.82 Å². The van der Waals surface area contributed by atoms with E-state index in [1.165, 1.54) is 12.1 Å². The second kappa shape index (κ2) is 7.19. The van der Waals surface area contributed by atoms with Gasteiger partial charge in [0.05, 0.1) is 16.6 Å². The third kappa shape index (κ3) is 3.90.